The molecule has 1 aromatic heterocycles. The van der Waals surface area contributed by atoms with Gasteiger partial charge in [-0.05, 0) is 49.0 Å². The number of anilines is 1. The quantitative estimate of drug-likeness (QED) is 0.674. The van der Waals surface area contributed by atoms with E-state index in [1.54, 1.807) is 6.26 Å². The third-order valence-corrected chi connectivity index (χ3v) is 6.19. The molecule has 1 atom stereocenters. The van der Waals surface area contributed by atoms with Crippen LogP contribution in [0.3, 0.4) is 0 Å². The van der Waals surface area contributed by atoms with Crippen molar-refractivity contribution in [2.24, 2.45) is 16.6 Å². The number of hydrogen-bond acceptors (Lipinski definition) is 8. The number of nitrogens with two attached hydrogens (primary N) is 2. The van der Waals surface area contributed by atoms with E-state index < -0.39 is 6.04 Å². The Hall–Kier alpha value is -3.75. The molecule has 1 unspecified atom stereocenters. The van der Waals surface area contributed by atoms with Gasteiger partial charge in [-0.1, -0.05) is 0 Å². The first-order valence-corrected chi connectivity index (χ1v) is 10.4. The number of oxazole rings is 1. The van der Waals surface area contributed by atoms with Gasteiger partial charge in [0.15, 0.2) is 5.58 Å². The number of rotatable bonds is 5. The van der Waals surface area contributed by atoms with Crippen LogP contribution in [0.15, 0.2) is 62.6 Å². The van der Waals surface area contributed by atoms with Crippen molar-refractivity contribution in [1.29, 1.82) is 0 Å². The second kappa shape index (κ2) is 6.63. The highest BCUT2D eigenvalue weighted by molar-refractivity contribution is 6.04. The fourth-order valence-electron chi connectivity index (χ4n) is 4.54. The summed E-state index contributed by atoms with van der Waals surface area (Å²) in [6.45, 7) is 1.31. The number of nitrogens with zero attached hydrogens (tertiary/aromatic N) is 3. The Morgan fingerprint density at radius 1 is 1.32 bits per heavy atom. The predicted octanol–water partition coefficient (Wildman–Crippen LogP) is 1.74. The highest BCUT2D eigenvalue weighted by atomic mass is 16.5. The first-order valence-electron chi connectivity index (χ1n) is 10.4. The smallest absolute Gasteiger partial charge is 0.292 e. The van der Waals surface area contributed by atoms with Crippen molar-refractivity contribution in [2.75, 3.05) is 18.9 Å². The van der Waals surface area contributed by atoms with Crippen LogP contribution < -0.4 is 16.8 Å². The van der Waals surface area contributed by atoms with Crippen molar-refractivity contribution < 1.29 is 13.9 Å². The van der Waals surface area contributed by atoms with E-state index in [4.69, 9.17) is 25.6 Å². The molecule has 6 rings (SSSR count). The molecule has 0 spiro atoms. The summed E-state index contributed by atoms with van der Waals surface area (Å²) in [4.78, 5) is 23.2. The number of nitrogen functional groups attached to an aromatic ring is 1. The minimum atomic E-state index is -0.404. The third-order valence-electron chi connectivity index (χ3n) is 6.19. The fraction of sp³-hybridized carbons (Fsp3) is 0.318. The van der Waals surface area contributed by atoms with Crippen LogP contribution in [0.5, 0.6) is 0 Å². The summed E-state index contributed by atoms with van der Waals surface area (Å²) in [6.07, 6.45) is 6.42. The van der Waals surface area contributed by atoms with E-state index >= 15 is 0 Å². The lowest BCUT2D eigenvalue weighted by molar-refractivity contribution is -0.120. The first-order chi connectivity index (χ1) is 15.1. The van der Waals surface area contributed by atoms with Gasteiger partial charge >= 0.3 is 0 Å². The van der Waals surface area contributed by atoms with E-state index in [9.17, 15) is 4.79 Å². The number of ether oxygens (including phenoxy) is 1. The highest BCUT2D eigenvalue weighted by Crippen LogP contribution is 2.39. The maximum absolute atomic E-state index is 12.0. The normalized spacial score (nSPS) is 21.0. The number of amides is 1. The number of fused-ring (bicyclic) bond motifs is 1. The summed E-state index contributed by atoms with van der Waals surface area (Å²) in [5, 5.41) is 3.33. The molecule has 9 nitrogen and oxygen atoms in total. The van der Waals surface area contributed by atoms with Gasteiger partial charge in [-0.15, -0.1) is 0 Å². The Morgan fingerprint density at radius 3 is 3.00 bits per heavy atom. The first kappa shape index (κ1) is 18.1. The molecule has 0 saturated heterocycles. The number of carbonyl (C=O) groups excluding carboxylic acids is 1. The molecule has 3 aliphatic heterocycles. The lowest BCUT2D eigenvalue weighted by Crippen LogP contribution is -2.43. The second-order valence-corrected chi connectivity index (χ2v) is 8.29. The molecule has 1 saturated carbocycles. The molecule has 0 radical (unpaired) electrons. The van der Waals surface area contributed by atoms with Gasteiger partial charge in [0.1, 0.15) is 30.3 Å². The minimum Gasteiger partial charge on any atom is -0.495 e. The average Bonchev–Trinajstić information content (AvgIpc) is 3.42. The largest absolute Gasteiger partial charge is 0.495 e. The molecule has 1 aromatic carbocycles. The van der Waals surface area contributed by atoms with E-state index in [0.717, 1.165) is 54.2 Å². The van der Waals surface area contributed by atoms with Crippen LogP contribution in [0.25, 0.3) is 11.1 Å². The number of primary amides is 1. The van der Waals surface area contributed by atoms with E-state index in [2.05, 4.69) is 15.2 Å². The maximum Gasteiger partial charge on any atom is 0.292 e. The lowest BCUT2D eigenvalue weighted by Gasteiger charge is -2.30. The molecule has 4 aliphatic rings. The molecule has 31 heavy (non-hydrogen) atoms. The number of benzene rings is 1. The Morgan fingerprint density at radius 2 is 2.19 bits per heavy atom. The molecular formula is C22H22N6O3. The Labute approximate surface area is 178 Å². The van der Waals surface area contributed by atoms with E-state index in [1.807, 2.05) is 24.4 Å². The van der Waals surface area contributed by atoms with Gasteiger partial charge in [0.2, 0.25) is 5.91 Å². The number of amidine groups is 1. The van der Waals surface area contributed by atoms with E-state index in [1.165, 1.54) is 5.57 Å². The van der Waals surface area contributed by atoms with Crippen LogP contribution in [0.1, 0.15) is 24.8 Å². The second-order valence-electron chi connectivity index (χ2n) is 8.29. The molecule has 1 fully saturated rings. The zero-order valence-corrected chi connectivity index (χ0v) is 16.8. The molecular weight excluding hydrogens is 396 g/mol. The summed E-state index contributed by atoms with van der Waals surface area (Å²) in [6, 6.07) is 5.49. The molecule has 1 amide bonds. The summed E-state index contributed by atoms with van der Waals surface area (Å²) in [5.74, 6) is 0.776. The molecule has 158 valence electrons. The SMILES string of the molecule is NC(=O)C(NC1=COCC2=C3C1=CN=C(c1ccc4oc(N)nc4c1)N3CC2)C1CC1. The number of hydrogen-bond donors (Lipinski definition) is 3. The third kappa shape index (κ3) is 2.96. The van der Waals surface area contributed by atoms with Crippen LogP contribution in [-0.4, -0.2) is 40.8 Å². The Balaban J connectivity index is 1.40. The summed E-state index contributed by atoms with van der Waals surface area (Å²) < 4.78 is 11.2. The van der Waals surface area contributed by atoms with E-state index in [-0.39, 0.29) is 17.8 Å². The highest BCUT2D eigenvalue weighted by Gasteiger charge is 2.39. The number of aromatic nitrogens is 1. The van der Waals surface area contributed by atoms with Crippen LogP contribution in [-0.2, 0) is 9.53 Å². The van der Waals surface area contributed by atoms with Crippen LogP contribution >= 0.6 is 0 Å². The van der Waals surface area contributed by atoms with Gasteiger partial charge in [-0.2, -0.15) is 4.98 Å². The summed E-state index contributed by atoms with van der Waals surface area (Å²) >= 11 is 0. The van der Waals surface area contributed by atoms with Crippen molar-refractivity contribution in [3.05, 3.63) is 58.8 Å². The van der Waals surface area contributed by atoms with Gasteiger partial charge < -0.3 is 30.8 Å². The monoisotopic (exact) mass is 418 g/mol. The van der Waals surface area contributed by atoms with E-state index in [0.29, 0.717) is 17.7 Å². The van der Waals surface area contributed by atoms with Crippen LogP contribution in [0.2, 0.25) is 0 Å². The Bertz CT molecular complexity index is 1230. The minimum absolute atomic E-state index is 0.146. The van der Waals surface area contributed by atoms with Gasteiger partial charge in [-0.25, -0.2) is 4.99 Å². The van der Waals surface area contributed by atoms with Crippen molar-refractivity contribution in [1.82, 2.24) is 15.2 Å². The van der Waals surface area contributed by atoms with Crippen molar-refractivity contribution in [3.8, 4) is 0 Å². The predicted molar refractivity (Wildman–Crippen MR) is 114 cm³/mol. The van der Waals surface area contributed by atoms with Crippen molar-refractivity contribution in [2.45, 2.75) is 25.3 Å². The summed E-state index contributed by atoms with van der Waals surface area (Å²) in [7, 11) is 0. The molecule has 4 heterocycles. The molecule has 1 aliphatic carbocycles. The topological polar surface area (TPSA) is 132 Å². The zero-order chi connectivity index (χ0) is 21.1. The van der Waals surface area contributed by atoms with Gasteiger partial charge in [0.25, 0.3) is 6.01 Å². The molecule has 2 aromatic rings. The number of aliphatic imine (C=N–C) groups is 1. The van der Waals surface area contributed by atoms with Gasteiger partial charge in [0.05, 0.1) is 11.4 Å². The summed E-state index contributed by atoms with van der Waals surface area (Å²) in [5.41, 5.74) is 17.6. The van der Waals surface area contributed by atoms with Gasteiger partial charge in [0, 0.05) is 23.9 Å². The van der Waals surface area contributed by atoms with Crippen molar-refractivity contribution in [3.63, 3.8) is 0 Å². The van der Waals surface area contributed by atoms with Crippen molar-refractivity contribution >= 4 is 28.9 Å². The van der Waals surface area contributed by atoms with Crippen LogP contribution in [0, 0.1) is 5.92 Å². The molecule has 0 bridgehead atoms. The Kier molecular flexibility index (Phi) is 3.86. The van der Waals surface area contributed by atoms with Gasteiger partial charge in [-0.3, -0.25) is 4.79 Å². The maximum atomic E-state index is 12.0. The number of carbonyl (C=O) groups is 1. The average molecular weight is 418 g/mol. The standard InChI is InChI=1S/C22H22N6O3/c23-20(29)18(11-1-2-11)26-16-10-30-9-13-5-6-28-19(13)14(16)8-25-21(28)12-3-4-17-15(7-12)27-22(24)31-17/h3-4,7-8,10-11,18,26H,1-2,5-6,9H2,(H2,23,29)(H2,24,27). The zero-order valence-electron chi connectivity index (χ0n) is 16.8. The lowest BCUT2D eigenvalue weighted by atomic mass is 10.0. The van der Waals surface area contributed by atoms with Crippen LogP contribution in [0.4, 0.5) is 6.01 Å². The number of nitrogens with one attached hydrogen (secondary N) is 1. The molecule has 5 N–H and O–H groups in total. The fourth-order valence-corrected chi connectivity index (χ4v) is 4.54. The molecule has 9 heteroatoms.